The predicted molar refractivity (Wildman–Crippen MR) is 103 cm³/mol. The first-order valence-corrected chi connectivity index (χ1v) is 9.89. The van der Waals surface area contributed by atoms with Gasteiger partial charge in [-0.3, -0.25) is 9.59 Å². The predicted octanol–water partition coefficient (Wildman–Crippen LogP) is 4.00. The fraction of sp³-hybridized carbons (Fsp3) is 0.333. The lowest BCUT2D eigenvalue weighted by Crippen LogP contribution is -2.29. The molecule has 0 radical (unpaired) electrons. The Hall–Kier alpha value is -1.79. The second-order valence-corrected chi connectivity index (χ2v) is 7.42. The van der Waals surface area contributed by atoms with Crippen LogP contribution in [0.2, 0.25) is 0 Å². The Bertz CT molecular complexity index is 671. The molecular formula is C18H22N2O2S2. The minimum Gasteiger partial charge on any atom is -0.348 e. The molecule has 1 aromatic carbocycles. The van der Waals surface area contributed by atoms with Gasteiger partial charge < -0.3 is 10.6 Å². The molecule has 0 spiro atoms. The van der Waals surface area contributed by atoms with E-state index in [1.165, 1.54) is 11.8 Å². The van der Waals surface area contributed by atoms with E-state index in [0.29, 0.717) is 0 Å². The van der Waals surface area contributed by atoms with Crippen molar-refractivity contribution in [2.45, 2.75) is 26.3 Å². The molecule has 4 nitrogen and oxygen atoms in total. The lowest BCUT2D eigenvalue weighted by molar-refractivity contribution is -0.119. The van der Waals surface area contributed by atoms with Crippen LogP contribution < -0.4 is 10.6 Å². The van der Waals surface area contributed by atoms with E-state index in [1.54, 1.807) is 11.3 Å². The number of benzene rings is 1. The van der Waals surface area contributed by atoms with Gasteiger partial charge in [-0.15, -0.1) is 23.1 Å². The average molecular weight is 363 g/mol. The second kappa shape index (κ2) is 9.49. The summed E-state index contributed by atoms with van der Waals surface area (Å²) in [5, 5.41) is 7.87. The topological polar surface area (TPSA) is 58.2 Å². The van der Waals surface area contributed by atoms with Crippen molar-refractivity contribution in [2.24, 2.45) is 0 Å². The van der Waals surface area contributed by atoms with Crippen molar-refractivity contribution in [3.63, 3.8) is 0 Å². The molecule has 0 saturated heterocycles. The fourth-order valence-electron chi connectivity index (χ4n) is 2.26. The molecule has 2 aromatic rings. The van der Waals surface area contributed by atoms with Crippen molar-refractivity contribution in [2.75, 3.05) is 16.8 Å². The minimum absolute atomic E-state index is 0.0383. The first-order chi connectivity index (χ1) is 11.6. The van der Waals surface area contributed by atoms with E-state index in [4.69, 9.17) is 0 Å². The number of amides is 2. The molecule has 0 saturated carbocycles. The molecule has 0 aliphatic carbocycles. The number of hydrogen-bond donors (Lipinski definition) is 2. The van der Waals surface area contributed by atoms with Crippen LogP contribution in [0.3, 0.4) is 0 Å². The zero-order chi connectivity index (χ0) is 17.4. The largest absolute Gasteiger partial charge is 0.348 e. The fourth-order valence-corrected chi connectivity index (χ4v) is 3.75. The van der Waals surface area contributed by atoms with Gasteiger partial charge in [-0.25, -0.2) is 0 Å². The maximum Gasteiger partial charge on any atom is 0.234 e. The zero-order valence-corrected chi connectivity index (χ0v) is 15.5. The number of carbonyl (C=O) groups excluding carboxylic acids is 2. The van der Waals surface area contributed by atoms with Crippen LogP contribution in [0.15, 0.2) is 41.8 Å². The van der Waals surface area contributed by atoms with E-state index in [0.717, 1.165) is 22.5 Å². The first kappa shape index (κ1) is 18.5. The van der Waals surface area contributed by atoms with E-state index in [9.17, 15) is 9.59 Å². The molecule has 6 heteroatoms. The number of nitrogens with one attached hydrogen (secondary N) is 2. The number of carbonyl (C=O) groups is 2. The van der Waals surface area contributed by atoms with Crippen LogP contribution in [0.4, 0.5) is 5.69 Å². The normalized spacial score (nSPS) is 11.8. The summed E-state index contributed by atoms with van der Waals surface area (Å²) in [6, 6.07) is 11.7. The Kier molecular flexibility index (Phi) is 7.34. The van der Waals surface area contributed by atoms with Crippen molar-refractivity contribution >= 4 is 40.6 Å². The molecule has 1 unspecified atom stereocenters. The third-order valence-corrected chi connectivity index (χ3v) is 5.32. The molecule has 2 amide bonds. The summed E-state index contributed by atoms with van der Waals surface area (Å²) in [5.41, 5.74) is 1.88. The molecule has 1 heterocycles. The van der Waals surface area contributed by atoms with Crippen molar-refractivity contribution in [3.8, 4) is 0 Å². The van der Waals surface area contributed by atoms with Gasteiger partial charge in [0.15, 0.2) is 0 Å². The van der Waals surface area contributed by atoms with E-state index >= 15 is 0 Å². The highest BCUT2D eigenvalue weighted by atomic mass is 32.2. The number of thiophene rings is 1. The van der Waals surface area contributed by atoms with Gasteiger partial charge in [0.05, 0.1) is 17.5 Å². The van der Waals surface area contributed by atoms with E-state index in [-0.39, 0.29) is 29.4 Å². The lowest BCUT2D eigenvalue weighted by Gasteiger charge is -2.15. The molecule has 0 aliphatic rings. The molecule has 0 bridgehead atoms. The van der Waals surface area contributed by atoms with Crippen LogP contribution in [-0.2, 0) is 9.59 Å². The summed E-state index contributed by atoms with van der Waals surface area (Å²) < 4.78 is 0. The zero-order valence-electron chi connectivity index (χ0n) is 13.9. The van der Waals surface area contributed by atoms with Gasteiger partial charge in [0.2, 0.25) is 11.8 Å². The van der Waals surface area contributed by atoms with E-state index in [2.05, 4.69) is 10.6 Å². The molecule has 1 atom stereocenters. The molecule has 2 rings (SSSR count). The summed E-state index contributed by atoms with van der Waals surface area (Å²) >= 11 is 2.97. The van der Waals surface area contributed by atoms with Crippen LogP contribution in [0, 0.1) is 6.92 Å². The first-order valence-electron chi connectivity index (χ1n) is 7.85. The highest BCUT2D eigenvalue weighted by Gasteiger charge is 2.14. The lowest BCUT2D eigenvalue weighted by atomic mass is 10.2. The molecule has 24 heavy (non-hydrogen) atoms. The third-order valence-electron chi connectivity index (χ3n) is 3.40. The number of hydrogen-bond acceptors (Lipinski definition) is 4. The maximum absolute atomic E-state index is 12.0. The monoisotopic (exact) mass is 362 g/mol. The van der Waals surface area contributed by atoms with Gasteiger partial charge in [0.25, 0.3) is 0 Å². The Labute approximate surface area is 151 Å². The average Bonchev–Trinajstić information content (AvgIpc) is 3.07. The molecular weight excluding hydrogens is 340 g/mol. The van der Waals surface area contributed by atoms with Crippen molar-refractivity contribution in [3.05, 3.63) is 52.2 Å². The van der Waals surface area contributed by atoms with Crippen LogP contribution >= 0.6 is 23.1 Å². The van der Waals surface area contributed by atoms with Crippen molar-refractivity contribution in [1.82, 2.24) is 5.32 Å². The van der Waals surface area contributed by atoms with E-state index in [1.807, 2.05) is 55.6 Å². The van der Waals surface area contributed by atoms with Gasteiger partial charge in [-0.2, -0.15) is 0 Å². The van der Waals surface area contributed by atoms with Gasteiger partial charge in [0, 0.05) is 10.6 Å². The minimum atomic E-state index is -0.0938. The van der Waals surface area contributed by atoms with Crippen molar-refractivity contribution in [1.29, 1.82) is 0 Å². The highest BCUT2D eigenvalue weighted by Crippen LogP contribution is 2.21. The van der Waals surface area contributed by atoms with E-state index < -0.39 is 0 Å². The summed E-state index contributed by atoms with van der Waals surface area (Å²) in [6.45, 7) is 4.03. The highest BCUT2D eigenvalue weighted by molar-refractivity contribution is 8.00. The van der Waals surface area contributed by atoms with Gasteiger partial charge in [0.1, 0.15) is 0 Å². The smallest absolute Gasteiger partial charge is 0.234 e. The Morgan fingerprint density at radius 1 is 1.17 bits per heavy atom. The number of rotatable bonds is 8. The number of aryl methyl sites for hydroxylation is 1. The molecule has 1 aromatic heterocycles. The SMILES string of the molecule is CCC(NC(=O)CSCC(=O)Nc1cccc(C)c1)c1cccs1. The summed E-state index contributed by atoms with van der Waals surface area (Å²) in [5.74, 6) is 0.410. The van der Waals surface area contributed by atoms with Gasteiger partial charge in [-0.1, -0.05) is 25.1 Å². The molecule has 128 valence electrons. The Balaban J connectivity index is 1.71. The Morgan fingerprint density at radius 3 is 2.62 bits per heavy atom. The molecule has 0 aliphatic heterocycles. The maximum atomic E-state index is 12.0. The van der Waals surface area contributed by atoms with Crippen LogP contribution in [0.1, 0.15) is 29.8 Å². The third kappa shape index (κ3) is 6.02. The number of thioether (sulfide) groups is 1. The second-order valence-electron chi connectivity index (χ2n) is 5.45. The van der Waals surface area contributed by atoms with Crippen LogP contribution in [0.5, 0.6) is 0 Å². The Morgan fingerprint density at radius 2 is 1.96 bits per heavy atom. The van der Waals surface area contributed by atoms with Crippen molar-refractivity contribution < 1.29 is 9.59 Å². The van der Waals surface area contributed by atoms with Crippen LogP contribution in [0.25, 0.3) is 0 Å². The molecule has 0 fully saturated rings. The molecule has 2 N–H and O–H groups in total. The quantitative estimate of drug-likeness (QED) is 0.746. The summed E-state index contributed by atoms with van der Waals surface area (Å²) in [6.07, 6.45) is 0.852. The summed E-state index contributed by atoms with van der Waals surface area (Å²) in [7, 11) is 0. The van der Waals surface area contributed by atoms with Crippen LogP contribution in [-0.4, -0.2) is 23.3 Å². The number of anilines is 1. The standard InChI is InChI=1S/C18H22N2O2S2/c1-3-15(16-8-5-9-24-16)20-18(22)12-23-11-17(21)19-14-7-4-6-13(2)10-14/h4-10,15H,3,11-12H2,1-2H3,(H,19,21)(H,20,22). The van der Waals surface area contributed by atoms with Gasteiger partial charge in [-0.05, 0) is 42.5 Å². The van der Waals surface area contributed by atoms with Gasteiger partial charge >= 0.3 is 0 Å². The summed E-state index contributed by atoms with van der Waals surface area (Å²) in [4.78, 5) is 25.1.